The highest BCUT2D eigenvalue weighted by Gasteiger charge is 2.18. The van der Waals surface area contributed by atoms with Crippen LogP contribution in [0.4, 0.5) is 0 Å². The Labute approximate surface area is 145 Å². The van der Waals surface area contributed by atoms with Gasteiger partial charge in [-0.3, -0.25) is 9.36 Å². The second-order valence-corrected chi connectivity index (χ2v) is 7.17. The number of fused-ring (bicyclic) bond motifs is 1. The van der Waals surface area contributed by atoms with Gasteiger partial charge in [0.2, 0.25) is 5.91 Å². The van der Waals surface area contributed by atoms with Crippen LogP contribution in [0.2, 0.25) is 0 Å². The summed E-state index contributed by atoms with van der Waals surface area (Å²) in [6, 6.07) is 3.81. The first-order chi connectivity index (χ1) is 11.6. The van der Waals surface area contributed by atoms with E-state index in [0.717, 1.165) is 9.88 Å². The number of thiazole rings is 1. The molecule has 3 rings (SSSR count). The van der Waals surface area contributed by atoms with E-state index in [-0.39, 0.29) is 12.5 Å². The second kappa shape index (κ2) is 7.20. The number of carbonyl (C=O) groups excluding carboxylic acids is 1. The number of aryl methyl sites for hydroxylation is 1. The molecule has 0 spiro atoms. The molecule has 0 bridgehead atoms. The largest absolute Gasteiger partial charge is 0.383 e. The zero-order valence-corrected chi connectivity index (χ0v) is 14.9. The predicted molar refractivity (Wildman–Crippen MR) is 94.6 cm³/mol. The van der Waals surface area contributed by atoms with E-state index in [4.69, 9.17) is 4.74 Å². The van der Waals surface area contributed by atoms with E-state index in [0.29, 0.717) is 29.2 Å². The number of aromatic nitrogens is 3. The molecule has 0 unspecified atom stereocenters. The first-order valence-electron chi connectivity index (χ1n) is 7.27. The van der Waals surface area contributed by atoms with Crippen LogP contribution >= 0.6 is 22.7 Å². The molecule has 0 radical (unpaired) electrons. The van der Waals surface area contributed by atoms with E-state index in [1.807, 2.05) is 24.4 Å². The molecule has 0 aliphatic rings. The molecule has 0 aliphatic carbocycles. The summed E-state index contributed by atoms with van der Waals surface area (Å²) in [5.74, 6) is -0.257. The minimum atomic E-state index is -0.448. The van der Waals surface area contributed by atoms with E-state index in [1.54, 1.807) is 7.11 Å². The molecule has 1 amide bonds. The molecule has 126 valence electrons. The molecule has 1 N–H and O–H groups in total. The van der Waals surface area contributed by atoms with Crippen molar-refractivity contribution in [2.24, 2.45) is 0 Å². The average molecular weight is 364 g/mol. The van der Waals surface area contributed by atoms with Crippen molar-refractivity contribution in [3.63, 3.8) is 0 Å². The molecule has 0 aliphatic heterocycles. The molecule has 7 nitrogen and oxygen atoms in total. The van der Waals surface area contributed by atoms with Gasteiger partial charge in [-0.1, -0.05) is 6.07 Å². The van der Waals surface area contributed by atoms with Crippen LogP contribution in [-0.2, 0) is 16.1 Å². The maximum Gasteiger partial charge on any atom is 0.349 e. The van der Waals surface area contributed by atoms with Crippen LogP contribution in [0.15, 0.2) is 22.3 Å². The highest BCUT2D eigenvalue weighted by Crippen LogP contribution is 2.31. The number of hydrogen-bond acceptors (Lipinski definition) is 7. The summed E-state index contributed by atoms with van der Waals surface area (Å²) in [5.41, 5.74) is 0.783. The first kappa shape index (κ1) is 16.7. The summed E-state index contributed by atoms with van der Waals surface area (Å²) in [5, 5.41) is 5.46. The molecule has 24 heavy (non-hydrogen) atoms. The van der Waals surface area contributed by atoms with Gasteiger partial charge in [0.1, 0.15) is 22.6 Å². The number of carbonyl (C=O) groups is 1. The van der Waals surface area contributed by atoms with Crippen LogP contribution in [0, 0.1) is 6.92 Å². The van der Waals surface area contributed by atoms with Crippen molar-refractivity contribution in [3.8, 4) is 10.6 Å². The fourth-order valence-corrected chi connectivity index (χ4v) is 3.89. The van der Waals surface area contributed by atoms with E-state index < -0.39 is 5.69 Å². The van der Waals surface area contributed by atoms with Crippen molar-refractivity contribution in [3.05, 3.63) is 33.0 Å². The Morgan fingerprint density at radius 3 is 2.96 bits per heavy atom. The van der Waals surface area contributed by atoms with Gasteiger partial charge in [-0.05, 0) is 18.4 Å². The molecule has 0 fully saturated rings. The molecule has 0 saturated carbocycles. The van der Waals surface area contributed by atoms with Crippen molar-refractivity contribution >= 4 is 38.9 Å². The second-order valence-electron chi connectivity index (χ2n) is 5.04. The van der Waals surface area contributed by atoms with Gasteiger partial charge in [0.25, 0.3) is 0 Å². The number of amides is 1. The number of ether oxygens (including phenoxy) is 1. The highest BCUT2D eigenvalue weighted by molar-refractivity contribution is 7.18. The van der Waals surface area contributed by atoms with Gasteiger partial charge in [0, 0.05) is 13.7 Å². The van der Waals surface area contributed by atoms with Gasteiger partial charge in [0.15, 0.2) is 0 Å². The Kier molecular flexibility index (Phi) is 5.03. The van der Waals surface area contributed by atoms with Crippen LogP contribution in [0.1, 0.15) is 5.01 Å². The molecule has 3 heterocycles. The lowest BCUT2D eigenvalue weighted by Gasteiger charge is -2.08. The summed E-state index contributed by atoms with van der Waals surface area (Å²) in [6.07, 6.45) is 0. The average Bonchev–Trinajstić information content (AvgIpc) is 3.19. The van der Waals surface area contributed by atoms with Gasteiger partial charge < -0.3 is 10.1 Å². The fraction of sp³-hybridized carbons (Fsp3) is 0.333. The Balaban J connectivity index is 2.01. The normalized spacial score (nSPS) is 11.1. The Morgan fingerprint density at radius 2 is 2.25 bits per heavy atom. The number of hydrogen-bond donors (Lipinski definition) is 1. The monoisotopic (exact) mass is 364 g/mol. The smallest absolute Gasteiger partial charge is 0.349 e. The topological polar surface area (TPSA) is 86.1 Å². The number of nitrogens with one attached hydrogen (secondary N) is 1. The summed E-state index contributed by atoms with van der Waals surface area (Å²) in [6.45, 7) is 2.61. The SMILES string of the molecule is COCCNC(=O)Cn1c(=O)nc(-c2cccs2)c2nc(C)sc21. The van der Waals surface area contributed by atoms with Gasteiger partial charge in [0.05, 0.1) is 16.5 Å². The van der Waals surface area contributed by atoms with Crippen LogP contribution in [0.3, 0.4) is 0 Å². The lowest BCUT2D eigenvalue weighted by atomic mass is 10.3. The van der Waals surface area contributed by atoms with Crippen molar-refractivity contribution in [1.82, 2.24) is 19.9 Å². The number of methoxy groups -OCH3 is 1. The zero-order chi connectivity index (χ0) is 17.1. The molecule has 9 heteroatoms. The Morgan fingerprint density at radius 1 is 1.42 bits per heavy atom. The van der Waals surface area contributed by atoms with Crippen LogP contribution in [-0.4, -0.2) is 40.7 Å². The van der Waals surface area contributed by atoms with Gasteiger partial charge in [-0.2, -0.15) is 4.98 Å². The molecular weight excluding hydrogens is 348 g/mol. The molecule has 0 atom stereocenters. The third kappa shape index (κ3) is 3.37. The summed E-state index contributed by atoms with van der Waals surface area (Å²) >= 11 is 2.89. The van der Waals surface area contributed by atoms with Gasteiger partial charge >= 0.3 is 5.69 Å². The fourth-order valence-electron chi connectivity index (χ4n) is 2.27. The molecule has 3 aromatic rings. The number of nitrogens with zero attached hydrogens (tertiary/aromatic N) is 3. The lowest BCUT2D eigenvalue weighted by Crippen LogP contribution is -2.34. The van der Waals surface area contributed by atoms with Gasteiger partial charge in [-0.25, -0.2) is 9.78 Å². The zero-order valence-electron chi connectivity index (χ0n) is 13.2. The van der Waals surface area contributed by atoms with Crippen molar-refractivity contribution < 1.29 is 9.53 Å². The molecular formula is C15H16N4O3S2. The Hall–Kier alpha value is -2.10. The number of thiophene rings is 1. The Bertz CT molecular complexity index is 915. The number of rotatable bonds is 6. The minimum Gasteiger partial charge on any atom is -0.383 e. The quantitative estimate of drug-likeness (QED) is 0.672. The predicted octanol–water partition coefficient (Wildman–Crippen LogP) is 1.65. The van der Waals surface area contributed by atoms with E-state index >= 15 is 0 Å². The maximum absolute atomic E-state index is 12.5. The lowest BCUT2D eigenvalue weighted by molar-refractivity contribution is -0.121. The molecule has 3 aromatic heterocycles. The van der Waals surface area contributed by atoms with Crippen LogP contribution in [0.25, 0.3) is 20.9 Å². The van der Waals surface area contributed by atoms with Crippen molar-refractivity contribution in [2.45, 2.75) is 13.5 Å². The minimum absolute atomic E-state index is 0.0849. The van der Waals surface area contributed by atoms with Crippen molar-refractivity contribution in [1.29, 1.82) is 0 Å². The van der Waals surface area contributed by atoms with Crippen LogP contribution in [0.5, 0.6) is 0 Å². The third-order valence-corrected chi connectivity index (χ3v) is 5.18. The summed E-state index contributed by atoms with van der Waals surface area (Å²) < 4.78 is 6.27. The van der Waals surface area contributed by atoms with Gasteiger partial charge in [-0.15, -0.1) is 22.7 Å². The summed E-state index contributed by atoms with van der Waals surface area (Å²) in [4.78, 5) is 34.7. The standard InChI is InChI=1S/C15H16N4O3S2/c1-9-17-13-12(10-4-3-7-23-10)18-15(21)19(14(13)24-9)8-11(20)16-5-6-22-2/h3-4,7H,5-6,8H2,1-2H3,(H,16,20). The first-order valence-corrected chi connectivity index (χ1v) is 8.97. The summed E-state index contributed by atoms with van der Waals surface area (Å²) in [7, 11) is 1.56. The van der Waals surface area contributed by atoms with E-state index in [1.165, 1.54) is 27.2 Å². The van der Waals surface area contributed by atoms with Crippen LogP contribution < -0.4 is 11.0 Å². The van der Waals surface area contributed by atoms with Crippen molar-refractivity contribution in [2.75, 3.05) is 20.3 Å². The van der Waals surface area contributed by atoms with E-state index in [2.05, 4.69) is 15.3 Å². The highest BCUT2D eigenvalue weighted by atomic mass is 32.1. The van der Waals surface area contributed by atoms with E-state index in [9.17, 15) is 9.59 Å². The molecule has 0 saturated heterocycles. The molecule has 0 aromatic carbocycles. The maximum atomic E-state index is 12.5. The third-order valence-electron chi connectivity index (χ3n) is 3.31.